The summed E-state index contributed by atoms with van der Waals surface area (Å²) in [6.45, 7) is 0. The van der Waals surface area contributed by atoms with Crippen molar-refractivity contribution in [1.29, 1.82) is 0 Å². The molecular formula is C29H28N2O. The van der Waals surface area contributed by atoms with E-state index < -0.39 is 0 Å². The van der Waals surface area contributed by atoms with Crippen LogP contribution >= 0.6 is 0 Å². The average Bonchev–Trinajstić information content (AvgIpc) is 2.86. The van der Waals surface area contributed by atoms with Gasteiger partial charge in [0, 0.05) is 24.2 Å². The first kappa shape index (κ1) is 21.4. The summed E-state index contributed by atoms with van der Waals surface area (Å²) in [5.74, 6) is 0.208. The topological polar surface area (TPSA) is 41.1 Å². The monoisotopic (exact) mass is 420 g/mol. The van der Waals surface area contributed by atoms with Crippen molar-refractivity contribution in [2.24, 2.45) is 0 Å². The molecule has 0 saturated heterocycles. The Bertz CT molecular complexity index is 994. The lowest BCUT2D eigenvalue weighted by Crippen LogP contribution is -2.20. The number of ketones is 1. The minimum absolute atomic E-state index is 0.0840. The highest BCUT2D eigenvalue weighted by Gasteiger charge is 2.21. The summed E-state index contributed by atoms with van der Waals surface area (Å²) in [5.41, 5.74) is 4.24. The Labute approximate surface area is 190 Å². The summed E-state index contributed by atoms with van der Waals surface area (Å²) in [4.78, 5) is 13.3. The Kier molecular flexibility index (Phi) is 7.33. The number of hydrogen-bond donors (Lipinski definition) is 2. The van der Waals surface area contributed by atoms with Gasteiger partial charge in [-0.15, -0.1) is 0 Å². The maximum atomic E-state index is 13.3. The highest BCUT2D eigenvalue weighted by atomic mass is 16.1. The van der Waals surface area contributed by atoms with E-state index in [1.807, 2.05) is 97.1 Å². The minimum atomic E-state index is -0.0840. The molecule has 0 aliphatic rings. The van der Waals surface area contributed by atoms with Gasteiger partial charge in [-0.05, 0) is 35.4 Å². The molecule has 3 heteroatoms. The summed E-state index contributed by atoms with van der Waals surface area (Å²) >= 11 is 0. The van der Waals surface area contributed by atoms with Crippen molar-refractivity contribution < 1.29 is 4.79 Å². The smallest absolute Gasteiger partial charge is 0.137 e. The number of carbonyl (C=O) groups excluding carboxylic acids is 1. The fraction of sp³-hybridized carbons (Fsp3) is 0.138. The minimum Gasteiger partial charge on any atom is -0.378 e. The van der Waals surface area contributed by atoms with Crippen LogP contribution in [0, 0.1) is 0 Å². The van der Waals surface area contributed by atoms with Crippen LogP contribution in [-0.2, 0) is 4.79 Å². The Morgan fingerprint density at radius 3 is 1.16 bits per heavy atom. The van der Waals surface area contributed by atoms with Gasteiger partial charge in [-0.1, -0.05) is 97.1 Å². The predicted molar refractivity (Wildman–Crippen MR) is 133 cm³/mol. The predicted octanol–water partition coefficient (Wildman–Crippen LogP) is 7.04. The summed E-state index contributed by atoms with van der Waals surface area (Å²) in [7, 11) is 0. The van der Waals surface area contributed by atoms with Gasteiger partial charge in [-0.3, -0.25) is 4.79 Å². The van der Waals surface area contributed by atoms with E-state index in [4.69, 9.17) is 0 Å². The molecule has 0 aromatic heterocycles. The molecule has 0 spiro atoms. The fourth-order valence-corrected chi connectivity index (χ4v) is 3.88. The van der Waals surface area contributed by atoms with Gasteiger partial charge in [0.1, 0.15) is 5.78 Å². The Balaban J connectivity index is 1.51. The highest BCUT2D eigenvalue weighted by molar-refractivity contribution is 5.81. The second kappa shape index (κ2) is 11.0. The maximum absolute atomic E-state index is 13.3. The van der Waals surface area contributed by atoms with Crippen molar-refractivity contribution in [2.45, 2.75) is 24.9 Å². The lowest BCUT2D eigenvalue weighted by molar-refractivity contribution is -0.119. The van der Waals surface area contributed by atoms with E-state index in [-0.39, 0.29) is 17.9 Å². The van der Waals surface area contributed by atoms with E-state index >= 15 is 0 Å². The van der Waals surface area contributed by atoms with Crippen LogP contribution in [0.3, 0.4) is 0 Å². The second-order valence-corrected chi connectivity index (χ2v) is 7.89. The summed E-state index contributed by atoms with van der Waals surface area (Å²) in [6.07, 6.45) is 0.831. The Morgan fingerprint density at radius 1 is 0.500 bits per heavy atom. The molecule has 0 aliphatic heterocycles. The first-order valence-electron chi connectivity index (χ1n) is 11.0. The van der Waals surface area contributed by atoms with Gasteiger partial charge in [-0.2, -0.15) is 0 Å². The highest BCUT2D eigenvalue weighted by Crippen LogP contribution is 2.27. The second-order valence-electron chi connectivity index (χ2n) is 7.89. The molecule has 0 radical (unpaired) electrons. The molecule has 160 valence electrons. The summed E-state index contributed by atoms with van der Waals surface area (Å²) in [5, 5.41) is 7.10. The molecule has 0 bridgehead atoms. The first-order valence-corrected chi connectivity index (χ1v) is 11.0. The van der Waals surface area contributed by atoms with Crippen molar-refractivity contribution in [3.8, 4) is 0 Å². The molecule has 4 rings (SSSR count). The van der Waals surface area contributed by atoms with Gasteiger partial charge in [-0.25, -0.2) is 0 Å². The van der Waals surface area contributed by atoms with Crippen molar-refractivity contribution in [3.63, 3.8) is 0 Å². The number of Topliss-reactive ketones (excluding diaryl/α,β-unsaturated/α-hetero) is 1. The van der Waals surface area contributed by atoms with Crippen LogP contribution in [-0.4, -0.2) is 5.78 Å². The van der Waals surface area contributed by atoms with Crippen molar-refractivity contribution in [3.05, 3.63) is 132 Å². The zero-order valence-electron chi connectivity index (χ0n) is 18.0. The molecule has 4 aromatic rings. The number of nitrogens with one attached hydrogen (secondary N) is 2. The van der Waals surface area contributed by atoms with Gasteiger partial charge in [0.15, 0.2) is 0 Å². The molecule has 32 heavy (non-hydrogen) atoms. The molecule has 0 aliphatic carbocycles. The largest absolute Gasteiger partial charge is 0.378 e. The zero-order chi connectivity index (χ0) is 22.0. The number of benzene rings is 4. The number of para-hydroxylation sites is 2. The quantitative estimate of drug-likeness (QED) is 0.289. The molecule has 4 aromatic carbocycles. The van der Waals surface area contributed by atoms with Crippen LogP contribution in [0.1, 0.15) is 36.1 Å². The van der Waals surface area contributed by atoms with E-state index in [1.54, 1.807) is 0 Å². The number of anilines is 2. The third-order valence-electron chi connectivity index (χ3n) is 5.50. The van der Waals surface area contributed by atoms with E-state index in [2.05, 4.69) is 34.9 Å². The molecule has 0 fully saturated rings. The van der Waals surface area contributed by atoms with E-state index in [9.17, 15) is 4.79 Å². The fourth-order valence-electron chi connectivity index (χ4n) is 3.88. The van der Waals surface area contributed by atoms with Crippen molar-refractivity contribution in [1.82, 2.24) is 0 Å². The van der Waals surface area contributed by atoms with Crippen LogP contribution in [0.5, 0.6) is 0 Å². The maximum Gasteiger partial charge on any atom is 0.137 e. The molecular weight excluding hydrogens is 392 g/mol. The summed E-state index contributed by atoms with van der Waals surface area (Å²) in [6, 6.07) is 40.3. The van der Waals surface area contributed by atoms with Crippen LogP contribution in [0.15, 0.2) is 121 Å². The molecule has 3 nitrogen and oxygen atoms in total. The van der Waals surface area contributed by atoms with Crippen molar-refractivity contribution in [2.75, 3.05) is 10.6 Å². The molecule has 2 N–H and O–H groups in total. The van der Waals surface area contributed by atoms with Crippen LogP contribution in [0.2, 0.25) is 0 Å². The molecule has 0 unspecified atom stereocenters. The zero-order valence-corrected chi connectivity index (χ0v) is 18.0. The summed E-state index contributed by atoms with van der Waals surface area (Å²) < 4.78 is 0. The number of hydrogen-bond acceptors (Lipinski definition) is 3. The third-order valence-corrected chi connectivity index (χ3v) is 5.50. The Morgan fingerprint density at radius 2 is 0.812 bits per heavy atom. The van der Waals surface area contributed by atoms with E-state index in [1.165, 1.54) is 0 Å². The van der Waals surface area contributed by atoms with E-state index in [0.29, 0.717) is 12.8 Å². The van der Waals surface area contributed by atoms with Gasteiger partial charge >= 0.3 is 0 Å². The lowest BCUT2D eigenvalue weighted by atomic mass is 9.95. The van der Waals surface area contributed by atoms with Crippen LogP contribution in [0.4, 0.5) is 11.4 Å². The Hall–Kier alpha value is -3.85. The third kappa shape index (κ3) is 6.08. The van der Waals surface area contributed by atoms with Gasteiger partial charge in [0.25, 0.3) is 0 Å². The lowest BCUT2D eigenvalue weighted by Gasteiger charge is -2.23. The average molecular weight is 421 g/mol. The van der Waals surface area contributed by atoms with E-state index in [0.717, 1.165) is 22.5 Å². The SMILES string of the molecule is O=C(C[C@@H](Nc1ccccc1)c1ccccc1)C[C@@H](Nc1ccccc1)c1ccccc1. The molecule has 0 saturated carbocycles. The van der Waals surface area contributed by atoms with Gasteiger partial charge in [0.05, 0.1) is 12.1 Å². The standard InChI is InChI=1S/C29H28N2O/c32-27(21-28(23-13-5-1-6-14-23)30-25-17-9-3-10-18-25)22-29(24-15-7-2-8-16-24)31-26-19-11-4-12-20-26/h1-20,28-31H,21-22H2/t28-,29-/m1/s1. The normalized spacial score (nSPS) is 12.5. The first-order chi connectivity index (χ1) is 15.8. The number of carbonyl (C=O) groups is 1. The number of rotatable bonds is 10. The van der Waals surface area contributed by atoms with Crippen molar-refractivity contribution >= 4 is 17.2 Å². The van der Waals surface area contributed by atoms with Crippen LogP contribution < -0.4 is 10.6 Å². The molecule has 2 atom stereocenters. The van der Waals surface area contributed by atoms with Gasteiger partial charge in [0.2, 0.25) is 0 Å². The van der Waals surface area contributed by atoms with Crippen LogP contribution in [0.25, 0.3) is 0 Å². The van der Waals surface area contributed by atoms with Gasteiger partial charge < -0.3 is 10.6 Å². The molecule has 0 amide bonds. The molecule has 0 heterocycles.